The predicted octanol–water partition coefficient (Wildman–Crippen LogP) is 15.9. The molecule has 2 nitrogen and oxygen atoms in total. The molecule has 0 radical (unpaired) electrons. The Kier molecular flexibility index (Phi) is 10.2. The summed E-state index contributed by atoms with van der Waals surface area (Å²) in [7, 11) is 0. The first kappa shape index (κ1) is 35.6. The molecule has 0 unspecified atom stereocenters. The van der Waals surface area contributed by atoms with Gasteiger partial charge in [0.25, 0.3) is 0 Å². The fourth-order valence-electron chi connectivity index (χ4n) is 7.53. The molecule has 9 aromatic carbocycles. The molecule has 3 heteroatoms. The molecule has 272 valence electrons. The molecule has 0 aliphatic rings. The van der Waals surface area contributed by atoms with E-state index in [0.717, 1.165) is 78.6 Å². The number of hydrogen-bond donors (Lipinski definition) is 0. The lowest BCUT2D eigenvalue weighted by Crippen LogP contribution is -2.14. The van der Waals surface area contributed by atoms with Crippen molar-refractivity contribution in [3.8, 4) is 44.5 Å². The van der Waals surface area contributed by atoms with Crippen LogP contribution in [-0.4, -0.2) is 0 Å². The molecule has 0 bridgehead atoms. The zero-order valence-electron chi connectivity index (χ0n) is 31.3. The summed E-state index contributed by atoms with van der Waals surface area (Å²) in [6.45, 7) is 0. The highest BCUT2D eigenvalue weighted by Crippen LogP contribution is 2.48. The molecule has 0 N–H and O–H groups in total. The Morgan fingerprint density at radius 2 is 0.491 bits per heavy atom. The summed E-state index contributed by atoms with van der Waals surface area (Å²) in [5.74, 6) is 0. The average Bonchev–Trinajstić information content (AvgIpc) is 3.29. The lowest BCUT2D eigenvalue weighted by Gasteiger charge is -2.32. The van der Waals surface area contributed by atoms with Crippen molar-refractivity contribution in [1.82, 2.24) is 0 Å². The van der Waals surface area contributed by atoms with E-state index in [2.05, 4.69) is 246 Å². The monoisotopic (exact) mass is 750 g/mol. The Balaban J connectivity index is 1.27. The third-order valence-corrected chi connectivity index (χ3v) is 10.6. The van der Waals surface area contributed by atoms with Gasteiger partial charge in [-0.05, 0) is 117 Å². The average molecular weight is 751 g/mol. The molecule has 0 atom stereocenters. The number of para-hydroxylation sites is 2. The second-order valence-corrected chi connectivity index (χ2v) is 14.3. The number of anilines is 6. The van der Waals surface area contributed by atoms with E-state index < -0.39 is 0 Å². The van der Waals surface area contributed by atoms with Crippen molar-refractivity contribution in [3.63, 3.8) is 0 Å². The van der Waals surface area contributed by atoms with Crippen LogP contribution in [0.1, 0.15) is 0 Å². The highest BCUT2D eigenvalue weighted by Gasteiger charge is 2.24. The molecule has 0 aromatic heterocycles. The van der Waals surface area contributed by atoms with E-state index in [1.54, 1.807) is 0 Å². The molecule has 0 spiro atoms. The second kappa shape index (κ2) is 16.3. The second-order valence-electron chi connectivity index (χ2n) is 14.0. The van der Waals surface area contributed by atoms with Gasteiger partial charge in [-0.1, -0.05) is 175 Å². The normalized spacial score (nSPS) is 10.9. The number of rotatable bonds is 10. The number of hydrogen-bond acceptors (Lipinski definition) is 2. The summed E-state index contributed by atoms with van der Waals surface area (Å²) >= 11 is 7.84. The minimum absolute atomic E-state index is 0.628. The maximum Gasteiger partial charge on any atom is 0.0887 e. The molecule has 0 fully saturated rings. The van der Waals surface area contributed by atoms with Gasteiger partial charge in [-0.25, -0.2) is 0 Å². The van der Waals surface area contributed by atoms with Crippen molar-refractivity contribution in [2.24, 2.45) is 0 Å². The van der Waals surface area contributed by atoms with Crippen molar-refractivity contribution in [1.29, 1.82) is 0 Å². The lowest BCUT2D eigenvalue weighted by atomic mass is 9.97. The molecular formula is C54H39ClN2. The molecule has 9 aromatic rings. The molecule has 57 heavy (non-hydrogen) atoms. The van der Waals surface area contributed by atoms with E-state index in [1.807, 2.05) is 0 Å². The third kappa shape index (κ3) is 7.60. The van der Waals surface area contributed by atoms with Crippen LogP contribution in [0.5, 0.6) is 0 Å². The molecule has 0 aliphatic heterocycles. The van der Waals surface area contributed by atoms with Gasteiger partial charge in [0.15, 0.2) is 0 Å². The highest BCUT2D eigenvalue weighted by atomic mass is 35.5. The van der Waals surface area contributed by atoms with Gasteiger partial charge in [0.1, 0.15) is 0 Å². The van der Waals surface area contributed by atoms with Crippen LogP contribution in [0.2, 0.25) is 5.02 Å². The number of benzene rings is 9. The summed E-state index contributed by atoms with van der Waals surface area (Å²) in [5, 5.41) is 0.628. The minimum atomic E-state index is 0.628. The van der Waals surface area contributed by atoms with Gasteiger partial charge in [0.05, 0.1) is 16.4 Å². The van der Waals surface area contributed by atoms with E-state index >= 15 is 0 Å². The standard InChI is InChI=1S/C54H39ClN2/c55-54-52(56(48-28-15-5-16-29-48)50-36-44(40-20-7-1-8-21-40)34-45(37-50)41-22-9-2-10-23-41)32-19-33-53(54)57(49-30-17-6-18-31-49)51-38-46(42-24-11-3-12-25-42)35-47(39-51)43-26-13-4-14-27-43/h1-39H. The van der Waals surface area contributed by atoms with Crippen LogP contribution in [-0.2, 0) is 0 Å². The summed E-state index contributed by atoms with van der Waals surface area (Å²) in [5.41, 5.74) is 14.8. The Morgan fingerprint density at radius 1 is 0.228 bits per heavy atom. The van der Waals surface area contributed by atoms with Crippen LogP contribution in [0.25, 0.3) is 44.5 Å². The van der Waals surface area contributed by atoms with E-state index in [1.165, 1.54) is 0 Å². The van der Waals surface area contributed by atoms with Gasteiger partial charge in [0, 0.05) is 22.7 Å². The zero-order chi connectivity index (χ0) is 38.4. The van der Waals surface area contributed by atoms with Gasteiger partial charge in [-0.3, -0.25) is 0 Å². The maximum absolute atomic E-state index is 7.84. The van der Waals surface area contributed by atoms with E-state index in [4.69, 9.17) is 11.6 Å². The lowest BCUT2D eigenvalue weighted by molar-refractivity contribution is 1.25. The maximum atomic E-state index is 7.84. The quantitative estimate of drug-likeness (QED) is 0.137. The van der Waals surface area contributed by atoms with E-state index in [0.29, 0.717) is 5.02 Å². The number of nitrogens with zero attached hydrogens (tertiary/aromatic N) is 2. The Labute approximate surface area is 340 Å². The fraction of sp³-hybridized carbons (Fsp3) is 0. The van der Waals surface area contributed by atoms with Crippen molar-refractivity contribution in [2.45, 2.75) is 0 Å². The van der Waals surface area contributed by atoms with Gasteiger partial charge < -0.3 is 9.80 Å². The molecule has 0 amide bonds. The Hall–Kier alpha value is -7.13. The van der Waals surface area contributed by atoms with Crippen LogP contribution in [0, 0.1) is 0 Å². The summed E-state index contributed by atoms with van der Waals surface area (Å²) in [6, 6.07) is 83.3. The SMILES string of the molecule is Clc1c(N(c2ccccc2)c2cc(-c3ccccc3)cc(-c3ccccc3)c2)cccc1N(c1ccccc1)c1cc(-c2ccccc2)cc(-c2ccccc2)c1. The van der Waals surface area contributed by atoms with Crippen LogP contribution >= 0.6 is 11.6 Å². The first-order chi connectivity index (χ1) is 28.2. The molecule has 0 heterocycles. The largest absolute Gasteiger partial charge is 0.309 e. The Bertz CT molecular complexity index is 2420. The van der Waals surface area contributed by atoms with Crippen LogP contribution in [0.3, 0.4) is 0 Å². The molecule has 0 aliphatic carbocycles. The zero-order valence-corrected chi connectivity index (χ0v) is 32.0. The fourth-order valence-corrected chi connectivity index (χ4v) is 7.83. The first-order valence-corrected chi connectivity index (χ1v) is 19.6. The minimum Gasteiger partial charge on any atom is -0.309 e. The predicted molar refractivity (Wildman–Crippen MR) is 243 cm³/mol. The summed E-state index contributed by atoms with van der Waals surface area (Å²) in [4.78, 5) is 4.56. The van der Waals surface area contributed by atoms with Crippen LogP contribution < -0.4 is 9.80 Å². The van der Waals surface area contributed by atoms with Crippen molar-refractivity contribution in [3.05, 3.63) is 242 Å². The van der Waals surface area contributed by atoms with Crippen molar-refractivity contribution < 1.29 is 0 Å². The van der Waals surface area contributed by atoms with Crippen molar-refractivity contribution >= 4 is 45.7 Å². The highest BCUT2D eigenvalue weighted by molar-refractivity contribution is 6.36. The summed E-state index contributed by atoms with van der Waals surface area (Å²) < 4.78 is 0. The van der Waals surface area contributed by atoms with Gasteiger partial charge in [-0.15, -0.1) is 0 Å². The van der Waals surface area contributed by atoms with Gasteiger partial charge >= 0.3 is 0 Å². The van der Waals surface area contributed by atoms with Gasteiger partial charge in [-0.2, -0.15) is 0 Å². The van der Waals surface area contributed by atoms with Crippen LogP contribution in [0.15, 0.2) is 237 Å². The Morgan fingerprint density at radius 3 is 0.772 bits per heavy atom. The summed E-state index contributed by atoms with van der Waals surface area (Å²) in [6.07, 6.45) is 0. The molecule has 9 rings (SSSR count). The van der Waals surface area contributed by atoms with Gasteiger partial charge in [0.2, 0.25) is 0 Å². The third-order valence-electron chi connectivity index (χ3n) is 10.2. The molecule has 0 saturated carbocycles. The first-order valence-electron chi connectivity index (χ1n) is 19.2. The van der Waals surface area contributed by atoms with Crippen LogP contribution in [0.4, 0.5) is 34.1 Å². The van der Waals surface area contributed by atoms with Crippen molar-refractivity contribution in [2.75, 3.05) is 9.80 Å². The molecule has 0 saturated heterocycles. The van der Waals surface area contributed by atoms with E-state index in [9.17, 15) is 0 Å². The molecular weight excluding hydrogens is 712 g/mol. The number of halogens is 1. The van der Waals surface area contributed by atoms with E-state index in [-0.39, 0.29) is 0 Å². The topological polar surface area (TPSA) is 6.48 Å². The smallest absolute Gasteiger partial charge is 0.0887 e.